The van der Waals surface area contributed by atoms with Gasteiger partial charge in [-0.25, -0.2) is 0 Å². The Bertz CT molecular complexity index is 578. The van der Waals surface area contributed by atoms with Crippen LogP contribution in [0.25, 0.3) is 0 Å². The fourth-order valence-corrected chi connectivity index (χ4v) is 5.63. The highest BCUT2D eigenvalue weighted by Crippen LogP contribution is 2.45. The van der Waals surface area contributed by atoms with Gasteiger partial charge in [-0.05, 0) is 86.7 Å². The molecular weight excluding hydrogens is 314 g/mol. The molecule has 0 atom stereocenters. The van der Waals surface area contributed by atoms with Crippen molar-refractivity contribution in [1.82, 2.24) is 0 Å². The van der Waals surface area contributed by atoms with Crippen LogP contribution in [0.5, 0.6) is 0 Å². The van der Waals surface area contributed by atoms with Gasteiger partial charge in [0.1, 0.15) is 0 Å². The van der Waals surface area contributed by atoms with Gasteiger partial charge in [-0.1, -0.05) is 57.4 Å². The fraction of sp³-hybridized carbons (Fsp3) is 0.720. The Labute approximate surface area is 161 Å². The molecule has 1 heteroatoms. The largest absolute Gasteiger partial charge is 0.198 e. The van der Waals surface area contributed by atoms with E-state index in [1.54, 1.807) is 5.56 Å². The van der Waals surface area contributed by atoms with Crippen molar-refractivity contribution in [2.45, 2.75) is 103 Å². The van der Waals surface area contributed by atoms with E-state index in [4.69, 9.17) is 0 Å². The first-order valence-corrected chi connectivity index (χ1v) is 11.2. The highest BCUT2D eigenvalue weighted by molar-refractivity contribution is 5.28. The van der Waals surface area contributed by atoms with Crippen LogP contribution in [0.15, 0.2) is 24.3 Å². The number of nitriles is 1. The van der Waals surface area contributed by atoms with Crippen LogP contribution < -0.4 is 0 Å². The summed E-state index contributed by atoms with van der Waals surface area (Å²) in [7, 11) is 0. The zero-order valence-electron chi connectivity index (χ0n) is 17.0. The van der Waals surface area contributed by atoms with Crippen molar-refractivity contribution in [3.63, 3.8) is 0 Å². The van der Waals surface area contributed by atoms with Gasteiger partial charge in [-0.3, -0.25) is 0 Å². The van der Waals surface area contributed by atoms with Crippen LogP contribution in [0.4, 0.5) is 0 Å². The fourth-order valence-electron chi connectivity index (χ4n) is 5.63. The topological polar surface area (TPSA) is 23.8 Å². The third-order valence-electron chi connectivity index (χ3n) is 7.33. The second-order valence-electron chi connectivity index (χ2n) is 9.09. The van der Waals surface area contributed by atoms with E-state index in [1.165, 1.54) is 56.9 Å². The standard InChI is InChI=1S/C25H37N/c1-3-5-20-6-8-21(9-7-20)22-10-12-23(13-11-22)24-14-17-25(19-26,16-4-2)18-15-24/h10-13,20-21,24H,3-9,14-18H2,1-2H3/t20-,21-,24-,25-. The summed E-state index contributed by atoms with van der Waals surface area (Å²) in [6, 6.07) is 12.3. The van der Waals surface area contributed by atoms with Crippen LogP contribution in [-0.2, 0) is 0 Å². The smallest absolute Gasteiger partial charge is 0.0689 e. The molecule has 0 bridgehead atoms. The minimum Gasteiger partial charge on any atom is -0.198 e. The number of nitrogens with zero attached hydrogens (tertiary/aromatic N) is 1. The van der Waals surface area contributed by atoms with Crippen LogP contribution in [0.2, 0.25) is 0 Å². The quantitative estimate of drug-likeness (QED) is 0.514. The van der Waals surface area contributed by atoms with Gasteiger partial charge in [0.05, 0.1) is 11.5 Å². The first kappa shape index (κ1) is 19.5. The van der Waals surface area contributed by atoms with E-state index in [2.05, 4.69) is 44.2 Å². The maximum Gasteiger partial charge on any atom is 0.0689 e. The average molecular weight is 352 g/mol. The molecule has 0 aliphatic heterocycles. The molecule has 0 radical (unpaired) electrons. The molecule has 0 amide bonds. The molecule has 2 fully saturated rings. The van der Waals surface area contributed by atoms with E-state index in [1.807, 2.05) is 0 Å². The van der Waals surface area contributed by atoms with Crippen molar-refractivity contribution in [3.8, 4) is 6.07 Å². The van der Waals surface area contributed by atoms with E-state index in [0.29, 0.717) is 5.92 Å². The Hall–Kier alpha value is -1.29. The summed E-state index contributed by atoms with van der Waals surface area (Å²) in [6.07, 6.45) is 15.2. The Balaban J connectivity index is 1.55. The van der Waals surface area contributed by atoms with Crippen molar-refractivity contribution in [1.29, 1.82) is 5.26 Å². The normalized spacial score (nSPS) is 32.1. The van der Waals surface area contributed by atoms with Crippen LogP contribution in [0.3, 0.4) is 0 Å². The lowest BCUT2D eigenvalue weighted by atomic mass is 9.67. The van der Waals surface area contributed by atoms with E-state index in [9.17, 15) is 5.26 Å². The molecule has 2 aliphatic rings. The molecule has 26 heavy (non-hydrogen) atoms. The van der Waals surface area contributed by atoms with Gasteiger partial charge in [0.2, 0.25) is 0 Å². The Morgan fingerprint density at radius 3 is 1.85 bits per heavy atom. The first-order chi connectivity index (χ1) is 12.7. The van der Waals surface area contributed by atoms with Crippen LogP contribution >= 0.6 is 0 Å². The van der Waals surface area contributed by atoms with Gasteiger partial charge in [0, 0.05) is 0 Å². The summed E-state index contributed by atoms with van der Waals surface area (Å²) in [6.45, 7) is 4.53. The first-order valence-electron chi connectivity index (χ1n) is 11.2. The van der Waals surface area contributed by atoms with Crippen molar-refractivity contribution < 1.29 is 0 Å². The zero-order valence-corrected chi connectivity index (χ0v) is 17.0. The van der Waals surface area contributed by atoms with Crippen LogP contribution in [0, 0.1) is 22.7 Å². The lowest BCUT2D eigenvalue weighted by Gasteiger charge is -2.35. The van der Waals surface area contributed by atoms with Gasteiger partial charge in [-0.2, -0.15) is 5.26 Å². The van der Waals surface area contributed by atoms with Crippen molar-refractivity contribution in [2.75, 3.05) is 0 Å². The minimum absolute atomic E-state index is 0.0255. The van der Waals surface area contributed by atoms with Crippen molar-refractivity contribution >= 4 is 0 Å². The van der Waals surface area contributed by atoms with Gasteiger partial charge in [0.15, 0.2) is 0 Å². The Morgan fingerprint density at radius 1 is 0.846 bits per heavy atom. The average Bonchev–Trinajstić information content (AvgIpc) is 2.70. The third-order valence-corrected chi connectivity index (χ3v) is 7.33. The molecule has 0 N–H and O–H groups in total. The molecule has 1 aromatic carbocycles. The van der Waals surface area contributed by atoms with Crippen LogP contribution in [-0.4, -0.2) is 0 Å². The van der Waals surface area contributed by atoms with E-state index < -0.39 is 0 Å². The Morgan fingerprint density at radius 2 is 1.38 bits per heavy atom. The molecular formula is C25H37N. The highest BCUT2D eigenvalue weighted by atomic mass is 14.4. The third kappa shape index (κ3) is 4.51. The summed E-state index contributed by atoms with van der Waals surface area (Å²) in [5.41, 5.74) is 3.05. The summed E-state index contributed by atoms with van der Waals surface area (Å²) in [5.74, 6) is 2.45. The minimum atomic E-state index is -0.0255. The van der Waals surface area contributed by atoms with E-state index >= 15 is 0 Å². The number of benzene rings is 1. The molecule has 142 valence electrons. The summed E-state index contributed by atoms with van der Waals surface area (Å²) >= 11 is 0. The van der Waals surface area contributed by atoms with Gasteiger partial charge in [0.25, 0.3) is 0 Å². The van der Waals surface area contributed by atoms with Gasteiger partial charge >= 0.3 is 0 Å². The summed E-state index contributed by atoms with van der Waals surface area (Å²) in [4.78, 5) is 0. The number of hydrogen-bond donors (Lipinski definition) is 0. The molecule has 0 spiro atoms. The second kappa shape index (κ2) is 9.07. The van der Waals surface area contributed by atoms with Crippen molar-refractivity contribution in [2.24, 2.45) is 11.3 Å². The molecule has 0 heterocycles. The lowest BCUT2D eigenvalue weighted by Crippen LogP contribution is -2.25. The molecule has 0 saturated heterocycles. The summed E-state index contributed by atoms with van der Waals surface area (Å²) < 4.78 is 0. The second-order valence-corrected chi connectivity index (χ2v) is 9.09. The van der Waals surface area contributed by atoms with E-state index in [-0.39, 0.29) is 5.41 Å². The zero-order chi connectivity index (χ0) is 18.4. The SMILES string of the molecule is CCC[C@H]1CC[C@H](c2ccc([C@H]3CC[C@@](C#N)(CCC)CC3)cc2)CC1. The van der Waals surface area contributed by atoms with Crippen molar-refractivity contribution in [3.05, 3.63) is 35.4 Å². The molecule has 1 nitrogen and oxygen atoms in total. The number of rotatable bonds is 6. The predicted octanol–water partition coefficient (Wildman–Crippen LogP) is 7.73. The van der Waals surface area contributed by atoms with E-state index in [0.717, 1.165) is 37.5 Å². The summed E-state index contributed by atoms with van der Waals surface area (Å²) in [5, 5.41) is 9.61. The molecule has 0 unspecified atom stereocenters. The Kier molecular flexibility index (Phi) is 6.80. The predicted molar refractivity (Wildman–Crippen MR) is 110 cm³/mol. The maximum absolute atomic E-state index is 9.61. The monoisotopic (exact) mass is 351 g/mol. The molecule has 2 aliphatic carbocycles. The maximum atomic E-state index is 9.61. The molecule has 2 saturated carbocycles. The molecule has 3 rings (SSSR count). The molecule has 0 aromatic heterocycles. The number of hydrogen-bond acceptors (Lipinski definition) is 1. The molecule has 1 aromatic rings. The van der Waals surface area contributed by atoms with Gasteiger partial charge in [-0.15, -0.1) is 0 Å². The van der Waals surface area contributed by atoms with Crippen LogP contribution in [0.1, 0.15) is 114 Å². The van der Waals surface area contributed by atoms with Gasteiger partial charge < -0.3 is 0 Å². The lowest BCUT2D eigenvalue weighted by molar-refractivity contribution is 0.228. The highest BCUT2D eigenvalue weighted by Gasteiger charge is 2.35.